The van der Waals surface area contributed by atoms with E-state index in [1.165, 1.54) is 12.1 Å². The Bertz CT molecular complexity index is 859. The second-order valence-corrected chi connectivity index (χ2v) is 7.58. The van der Waals surface area contributed by atoms with E-state index in [1.807, 2.05) is 13.8 Å². The first kappa shape index (κ1) is 22.1. The lowest BCUT2D eigenvalue weighted by Gasteiger charge is -2.17. The molecule has 9 heteroatoms. The Balaban J connectivity index is 1.56. The fourth-order valence-corrected chi connectivity index (χ4v) is 3.57. The molecule has 2 heterocycles. The zero-order valence-corrected chi connectivity index (χ0v) is 17.5. The van der Waals surface area contributed by atoms with Crippen LogP contribution in [0.2, 0.25) is 0 Å². The summed E-state index contributed by atoms with van der Waals surface area (Å²) in [6.07, 6.45) is -0.391. The third-order valence-corrected chi connectivity index (χ3v) is 5.31. The number of halogens is 3. The molecule has 6 nitrogen and oxygen atoms in total. The van der Waals surface area contributed by atoms with Crippen LogP contribution in [0.5, 0.6) is 0 Å². The molecule has 2 N–H and O–H groups in total. The van der Waals surface area contributed by atoms with Crippen LogP contribution in [0, 0.1) is 0 Å². The molecule has 1 aliphatic rings. The smallest absolute Gasteiger partial charge is 0.357 e. The van der Waals surface area contributed by atoms with Gasteiger partial charge in [0, 0.05) is 26.1 Å². The minimum Gasteiger partial charge on any atom is -0.357 e. The van der Waals surface area contributed by atoms with Crippen LogP contribution in [0.3, 0.4) is 0 Å². The maximum atomic E-state index is 12.9. The van der Waals surface area contributed by atoms with Gasteiger partial charge in [0.05, 0.1) is 5.56 Å². The SMILES string of the molecule is CCNC(=NCc1nnc2n1CCCC2)NCCC(C)c1cccc(C(F)(F)F)c1. The maximum absolute atomic E-state index is 12.9. The van der Waals surface area contributed by atoms with Crippen LogP contribution >= 0.6 is 0 Å². The van der Waals surface area contributed by atoms with Crippen LogP contribution < -0.4 is 10.6 Å². The molecule has 0 bridgehead atoms. The molecule has 30 heavy (non-hydrogen) atoms. The fourth-order valence-electron chi connectivity index (χ4n) is 3.57. The van der Waals surface area contributed by atoms with Crippen molar-refractivity contribution in [3.63, 3.8) is 0 Å². The summed E-state index contributed by atoms with van der Waals surface area (Å²) in [7, 11) is 0. The maximum Gasteiger partial charge on any atom is 0.416 e. The monoisotopic (exact) mass is 422 g/mol. The van der Waals surface area contributed by atoms with Crippen LogP contribution in [-0.4, -0.2) is 33.8 Å². The van der Waals surface area contributed by atoms with E-state index >= 15 is 0 Å². The molecular formula is C21H29F3N6. The molecule has 2 aromatic rings. The molecule has 164 valence electrons. The lowest BCUT2D eigenvalue weighted by Crippen LogP contribution is -2.38. The highest BCUT2D eigenvalue weighted by Crippen LogP contribution is 2.31. The third-order valence-electron chi connectivity index (χ3n) is 5.31. The number of aryl methyl sites for hydroxylation is 1. The molecule has 1 unspecified atom stereocenters. The molecule has 0 saturated heterocycles. The van der Waals surface area contributed by atoms with E-state index in [9.17, 15) is 13.2 Å². The van der Waals surface area contributed by atoms with Crippen LogP contribution in [-0.2, 0) is 25.7 Å². The topological polar surface area (TPSA) is 67.1 Å². The first-order chi connectivity index (χ1) is 14.4. The van der Waals surface area contributed by atoms with Crippen molar-refractivity contribution in [2.24, 2.45) is 4.99 Å². The molecule has 1 atom stereocenters. The number of nitrogens with one attached hydrogen (secondary N) is 2. The fraction of sp³-hybridized carbons (Fsp3) is 0.571. The summed E-state index contributed by atoms with van der Waals surface area (Å²) in [5.74, 6) is 2.55. The number of hydrogen-bond acceptors (Lipinski definition) is 3. The van der Waals surface area contributed by atoms with Crippen molar-refractivity contribution < 1.29 is 13.2 Å². The minimum atomic E-state index is -4.32. The zero-order chi connectivity index (χ0) is 21.6. The first-order valence-corrected chi connectivity index (χ1v) is 10.5. The van der Waals surface area contributed by atoms with Gasteiger partial charge >= 0.3 is 6.18 Å². The van der Waals surface area contributed by atoms with E-state index in [-0.39, 0.29) is 5.92 Å². The second-order valence-electron chi connectivity index (χ2n) is 7.58. The number of fused-ring (bicyclic) bond motifs is 1. The summed E-state index contributed by atoms with van der Waals surface area (Å²) in [5, 5.41) is 15.0. The van der Waals surface area contributed by atoms with E-state index in [0.29, 0.717) is 37.6 Å². The number of alkyl halides is 3. The molecule has 3 rings (SSSR count). The van der Waals surface area contributed by atoms with Gasteiger partial charge in [-0.25, -0.2) is 4.99 Å². The molecule has 0 radical (unpaired) electrons. The van der Waals surface area contributed by atoms with E-state index in [2.05, 4.69) is 30.4 Å². The predicted octanol–water partition coefficient (Wildman–Crippen LogP) is 3.88. The van der Waals surface area contributed by atoms with Crippen molar-refractivity contribution in [1.82, 2.24) is 25.4 Å². The lowest BCUT2D eigenvalue weighted by atomic mass is 9.96. The van der Waals surface area contributed by atoms with E-state index in [1.54, 1.807) is 6.07 Å². The Morgan fingerprint density at radius 2 is 2.07 bits per heavy atom. The Morgan fingerprint density at radius 3 is 2.83 bits per heavy atom. The van der Waals surface area contributed by atoms with Gasteiger partial charge in [-0.3, -0.25) is 0 Å². The largest absolute Gasteiger partial charge is 0.416 e. The number of rotatable bonds is 7. The number of hydrogen-bond donors (Lipinski definition) is 2. The van der Waals surface area contributed by atoms with Crippen molar-refractivity contribution in [2.75, 3.05) is 13.1 Å². The molecular weight excluding hydrogens is 393 g/mol. The Morgan fingerprint density at radius 1 is 1.23 bits per heavy atom. The molecule has 0 spiro atoms. The summed E-state index contributed by atoms with van der Waals surface area (Å²) in [6, 6.07) is 5.55. The number of nitrogens with zero attached hydrogens (tertiary/aromatic N) is 4. The van der Waals surface area contributed by atoms with Crippen molar-refractivity contribution >= 4 is 5.96 Å². The Hall–Kier alpha value is -2.58. The second kappa shape index (κ2) is 9.95. The van der Waals surface area contributed by atoms with Gasteiger partial charge in [0.1, 0.15) is 12.4 Å². The van der Waals surface area contributed by atoms with E-state index in [0.717, 1.165) is 43.5 Å². The predicted molar refractivity (Wildman–Crippen MR) is 110 cm³/mol. The quantitative estimate of drug-likeness (QED) is 0.525. The number of aliphatic imine (C=N–C) groups is 1. The van der Waals surface area contributed by atoms with Gasteiger partial charge in [0.25, 0.3) is 0 Å². The van der Waals surface area contributed by atoms with Crippen molar-refractivity contribution in [2.45, 2.75) is 64.7 Å². The van der Waals surface area contributed by atoms with Crippen LogP contribution in [0.4, 0.5) is 13.2 Å². The summed E-state index contributed by atoms with van der Waals surface area (Å²) in [5.41, 5.74) is 0.0787. The van der Waals surface area contributed by atoms with E-state index < -0.39 is 11.7 Å². The van der Waals surface area contributed by atoms with Crippen LogP contribution in [0.15, 0.2) is 29.3 Å². The highest BCUT2D eigenvalue weighted by atomic mass is 19.4. The normalized spacial score (nSPS) is 15.6. The molecule has 0 aliphatic carbocycles. The molecule has 0 saturated carbocycles. The summed E-state index contributed by atoms with van der Waals surface area (Å²) in [4.78, 5) is 4.60. The zero-order valence-electron chi connectivity index (χ0n) is 17.5. The lowest BCUT2D eigenvalue weighted by molar-refractivity contribution is -0.137. The van der Waals surface area contributed by atoms with Crippen molar-refractivity contribution in [1.29, 1.82) is 0 Å². The third kappa shape index (κ3) is 5.73. The molecule has 1 aromatic heterocycles. The minimum absolute atomic E-state index is 0.00816. The van der Waals surface area contributed by atoms with E-state index in [4.69, 9.17) is 0 Å². The highest BCUT2D eigenvalue weighted by molar-refractivity contribution is 5.79. The summed E-state index contributed by atoms with van der Waals surface area (Å²) < 4.78 is 40.9. The molecule has 1 aliphatic heterocycles. The average molecular weight is 422 g/mol. The van der Waals surface area contributed by atoms with Crippen molar-refractivity contribution in [3.8, 4) is 0 Å². The Labute approximate surface area is 175 Å². The van der Waals surface area contributed by atoms with Gasteiger partial charge in [-0.05, 0) is 43.7 Å². The number of guanidine groups is 1. The summed E-state index contributed by atoms with van der Waals surface area (Å²) >= 11 is 0. The van der Waals surface area contributed by atoms with Crippen molar-refractivity contribution in [3.05, 3.63) is 47.0 Å². The summed E-state index contributed by atoms with van der Waals surface area (Å²) in [6.45, 7) is 6.61. The number of benzene rings is 1. The molecule has 0 fully saturated rings. The van der Waals surface area contributed by atoms with Gasteiger partial charge in [0.2, 0.25) is 0 Å². The van der Waals surface area contributed by atoms with Gasteiger partial charge in [-0.1, -0.05) is 25.1 Å². The van der Waals surface area contributed by atoms with Gasteiger partial charge in [-0.2, -0.15) is 13.2 Å². The van der Waals surface area contributed by atoms with Gasteiger partial charge in [0.15, 0.2) is 11.8 Å². The molecule has 1 aromatic carbocycles. The standard InChI is InChI=1S/C21H29F3N6/c1-3-25-20(27-14-19-29-28-18-9-4-5-12-30(18)19)26-11-10-15(2)16-7-6-8-17(13-16)21(22,23)24/h6-8,13,15H,3-5,9-12,14H2,1-2H3,(H2,25,26,27). The molecule has 0 amide bonds. The van der Waals surface area contributed by atoms with Crippen LogP contribution in [0.1, 0.15) is 61.8 Å². The average Bonchev–Trinajstić information content (AvgIpc) is 3.14. The van der Waals surface area contributed by atoms with Crippen LogP contribution in [0.25, 0.3) is 0 Å². The van der Waals surface area contributed by atoms with Gasteiger partial charge < -0.3 is 15.2 Å². The first-order valence-electron chi connectivity index (χ1n) is 10.5. The highest BCUT2D eigenvalue weighted by Gasteiger charge is 2.30. The Kier molecular flexibility index (Phi) is 7.33. The van der Waals surface area contributed by atoms with Gasteiger partial charge in [-0.15, -0.1) is 10.2 Å². The number of aromatic nitrogens is 3.